The molecule has 2 saturated heterocycles. The first-order valence-corrected chi connectivity index (χ1v) is 9.01. The number of piperazine rings is 1. The average Bonchev–Trinajstić information content (AvgIpc) is 3.27. The van der Waals surface area contributed by atoms with E-state index in [0.29, 0.717) is 0 Å². The van der Waals surface area contributed by atoms with E-state index >= 15 is 0 Å². The van der Waals surface area contributed by atoms with Crippen LogP contribution in [-0.2, 0) is 0 Å². The lowest BCUT2D eigenvalue weighted by Crippen LogP contribution is -2.62. The Morgan fingerprint density at radius 3 is 2.75 bits per heavy atom. The molecule has 0 aromatic rings. The zero-order valence-corrected chi connectivity index (χ0v) is 13.5. The van der Waals surface area contributed by atoms with Gasteiger partial charge in [-0.15, -0.1) is 0 Å². The molecule has 1 N–H and O–H groups in total. The van der Waals surface area contributed by atoms with Crippen LogP contribution in [0.25, 0.3) is 0 Å². The monoisotopic (exact) mass is 279 g/mol. The van der Waals surface area contributed by atoms with Gasteiger partial charge in [-0.3, -0.25) is 9.80 Å². The summed E-state index contributed by atoms with van der Waals surface area (Å²) >= 11 is 0. The van der Waals surface area contributed by atoms with Crippen molar-refractivity contribution >= 4 is 0 Å². The molecule has 3 unspecified atom stereocenters. The molecule has 0 aromatic carbocycles. The summed E-state index contributed by atoms with van der Waals surface area (Å²) in [5, 5.41) is 3.78. The number of piperidine rings is 1. The minimum Gasteiger partial charge on any atom is -0.312 e. The number of hydrogen-bond acceptors (Lipinski definition) is 3. The Bertz CT molecular complexity index is 303. The van der Waals surface area contributed by atoms with E-state index in [-0.39, 0.29) is 0 Å². The first kappa shape index (κ1) is 14.8. The fourth-order valence-electron chi connectivity index (χ4n) is 4.19. The maximum Gasteiger partial charge on any atom is 0.0224 e. The Labute approximate surface area is 125 Å². The summed E-state index contributed by atoms with van der Waals surface area (Å²) in [4.78, 5) is 5.60. The molecule has 3 aliphatic rings. The Kier molecular flexibility index (Phi) is 5.00. The van der Waals surface area contributed by atoms with E-state index < -0.39 is 0 Å². The molecule has 3 atom stereocenters. The maximum atomic E-state index is 3.78. The molecule has 116 valence electrons. The van der Waals surface area contributed by atoms with Crippen LogP contribution in [0, 0.1) is 0 Å². The van der Waals surface area contributed by atoms with Crippen molar-refractivity contribution in [2.75, 3.05) is 26.2 Å². The van der Waals surface area contributed by atoms with E-state index in [4.69, 9.17) is 0 Å². The first-order chi connectivity index (χ1) is 9.78. The van der Waals surface area contributed by atoms with Gasteiger partial charge in [0.25, 0.3) is 0 Å². The van der Waals surface area contributed by atoms with Gasteiger partial charge in [-0.25, -0.2) is 0 Å². The van der Waals surface area contributed by atoms with Gasteiger partial charge < -0.3 is 5.32 Å². The van der Waals surface area contributed by atoms with Crippen molar-refractivity contribution in [3.05, 3.63) is 0 Å². The molecule has 0 aromatic heterocycles. The van der Waals surface area contributed by atoms with Gasteiger partial charge in [0.1, 0.15) is 0 Å². The van der Waals surface area contributed by atoms with Crippen molar-refractivity contribution in [3.63, 3.8) is 0 Å². The van der Waals surface area contributed by atoms with Crippen LogP contribution < -0.4 is 5.32 Å². The van der Waals surface area contributed by atoms with E-state index in [1.165, 1.54) is 71.1 Å². The highest BCUT2D eigenvalue weighted by molar-refractivity contribution is 4.93. The Morgan fingerprint density at radius 1 is 1.15 bits per heavy atom. The highest BCUT2D eigenvalue weighted by Crippen LogP contribution is 2.27. The second kappa shape index (κ2) is 6.76. The van der Waals surface area contributed by atoms with E-state index in [1.807, 2.05) is 0 Å². The lowest BCUT2D eigenvalue weighted by atomic mass is 9.95. The minimum atomic E-state index is 0.738. The molecule has 2 aliphatic heterocycles. The molecule has 3 fully saturated rings. The molecule has 1 aliphatic carbocycles. The number of nitrogens with zero attached hydrogens (tertiary/aromatic N) is 2. The fourth-order valence-corrected chi connectivity index (χ4v) is 4.19. The van der Waals surface area contributed by atoms with Crippen LogP contribution in [0.1, 0.15) is 58.8 Å². The highest BCUT2D eigenvalue weighted by Gasteiger charge is 2.36. The summed E-state index contributed by atoms with van der Waals surface area (Å²) in [7, 11) is 0. The van der Waals surface area contributed by atoms with Gasteiger partial charge in [-0.2, -0.15) is 0 Å². The molecule has 1 saturated carbocycles. The number of nitrogens with one attached hydrogen (secondary N) is 1. The van der Waals surface area contributed by atoms with E-state index in [1.54, 1.807) is 0 Å². The molecule has 20 heavy (non-hydrogen) atoms. The van der Waals surface area contributed by atoms with Gasteiger partial charge in [0.2, 0.25) is 0 Å². The predicted octanol–water partition coefficient (Wildman–Crippen LogP) is 2.47. The normalized spacial score (nSPS) is 33.9. The molecule has 3 heteroatoms. The maximum absolute atomic E-state index is 3.78. The SMILES string of the molecule is CCCC(CNC1CC1)N1CC2CCCCN2CC1C. The third-order valence-electron chi connectivity index (χ3n) is 5.55. The Hall–Kier alpha value is -0.120. The summed E-state index contributed by atoms with van der Waals surface area (Å²) in [5.41, 5.74) is 0. The first-order valence-electron chi connectivity index (χ1n) is 9.01. The van der Waals surface area contributed by atoms with Crippen molar-refractivity contribution in [2.45, 2.75) is 83.0 Å². The summed E-state index contributed by atoms with van der Waals surface area (Å²) in [6.45, 7) is 9.97. The largest absolute Gasteiger partial charge is 0.312 e. The Morgan fingerprint density at radius 2 is 2.00 bits per heavy atom. The van der Waals surface area contributed by atoms with Crippen molar-refractivity contribution in [1.29, 1.82) is 0 Å². The van der Waals surface area contributed by atoms with Crippen LogP contribution in [0.2, 0.25) is 0 Å². The van der Waals surface area contributed by atoms with Gasteiger partial charge in [-0.1, -0.05) is 19.8 Å². The lowest BCUT2D eigenvalue weighted by molar-refractivity contribution is -0.00966. The molecular formula is C17H33N3. The number of rotatable bonds is 6. The Balaban J connectivity index is 1.58. The van der Waals surface area contributed by atoms with Crippen LogP contribution in [0.15, 0.2) is 0 Å². The molecule has 3 nitrogen and oxygen atoms in total. The second-order valence-corrected chi connectivity index (χ2v) is 7.32. The van der Waals surface area contributed by atoms with Gasteiger partial charge >= 0.3 is 0 Å². The molecule has 3 rings (SSSR count). The number of fused-ring (bicyclic) bond motifs is 1. The van der Waals surface area contributed by atoms with Crippen LogP contribution in [0.4, 0.5) is 0 Å². The standard InChI is InChI=1S/C17H33N3/c1-3-6-16(11-18-15-8-9-15)20-13-17-7-4-5-10-19(17)12-14(20)2/h14-18H,3-13H2,1-2H3. The fraction of sp³-hybridized carbons (Fsp3) is 1.00. The van der Waals surface area contributed by atoms with Crippen LogP contribution in [-0.4, -0.2) is 60.1 Å². The van der Waals surface area contributed by atoms with E-state index in [2.05, 4.69) is 29.0 Å². The topological polar surface area (TPSA) is 18.5 Å². The molecular weight excluding hydrogens is 246 g/mol. The van der Waals surface area contributed by atoms with Gasteiger partial charge in [0, 0.05) is 43.8 Å². The van der Waals surface area contributed by atoms with E-state index in [0.717, 1.165) is 24.2 Å². The van der Waals surface area contributed by atoms with Crippen molar-refractivity contribution in [2.24, 2.45) is 0 Å². The quantitative estimate of drug-likeness (QED) is 0.806. The van der Waals surface area contributed by atoms with Gasteiger partial charge in [0.15, 0.2) is 0 Å². The summed E-state index contributed by atoms with van der Waals surface area (Å²) in [5.74, 6) is 0. The van der Waals surface area contributed by atoms with Crippen molar-refractivity contribution in [1.82, 2.24) is 15.1 Å². The lowest BCUT2D eigenvalue weighted by Gasteiger charge is -2.50. The van der Waals surface area contributed by atoms with Gasteiger partial charge in [-0.05, 0) is 45.6 Å². The predicted molar refractivity (Wildman–Crippen MR) is 85.1 cm³/mol. The number of hydrogen-bond donors (Lipinski definition) is 1. The van der Waals surface area contributed by atoms with Crippen LogP contribution >= 0.6 is 0 Å². The van der Waals surface area contributed by atoms with Crippen LogP contribution in [0.5, 0.6) is 0 Å². The van der Waals surface area contributed by atoms with E-state index in [9.17, 15) is 0 Å². The summed E-state index contributed by atoms with van der Waals surface area (Å²) < 4.78 is 0. The third-order valence-corrected chi connectivity index (χ3v) is 5.55. The van der Waals surface area contributed by atoms with Crippen molar-refractivity contribution < 1.29 is 0 Å². The molecule has 2 heterocycles. The smallest absolute Gasteiger partial charge is 0.0224 e. The highest BCUT2D eigenvalue weighted by atomic mass is 15.3. The third kappa shape index (κ3) is 3.55. The zero-order chi connectivity index (χ0) is 13.9. The van der Waals surface area contributed by atoms with Gasteiger partial charge in [0.05, 0.1) is 0 Å². The summed E-state index contributed by atoms with van der Waals surface area (Å²) in [6.07, 6.45) is 9.78. The molecule has 0 amide bonds. The summed E-state index contributed by atoms with van der Waals surface area (Å²) in [6, 6.07) is 3.20. The minimum absolute atomic E-state index is 0.738. The molecule has 0 spiro atoms. The van der Waals surface area contributed by atoms with Crippen LogP contribution in [0.3, 0.4) is 0 Å². The average molecular weight is 279 g/mol. The second-order valence-electron chi connectivity index (χ2n) is 7.32. The van der Waals surface area contributed by atoms with Crippen molar-refractivity contribution in [3.8, 4) is 0 Å². The molecule has 0 radical (unpaired) electrons. The zero-order valence-electron chi connectivity index (χ0n) is 13.5. The molecule has 0 bridgehead atoms.